The zero-order valence-corrected chi connectivity index (χ0v) is 11.5. The molecule has 0 spiro atoms. The molecule has 0 unspecified atom stereocenters. The fraction of sp³-hybridized carbons (Fsp3) is 0. The van der Waals surface area contributed by atoms with Crippen molar-refractivity contribution in [3.8, 4) is 5.95 Å². The standard InChI is InChI=1S/C12H10FN7S/c13-8-3-1-2-4-9(8)21-12-17-10(19-14)16-11(18-12)20-6-5-15-7-20/h1-7H,14H2,(H,16,17,18,19). The summed E-state index contributed by atoms with van der Waals surface area (Å²) >= 11 is 1.09. The van der Waals surface area contributed by atoms with Crippen LogP contribution in [0.1, 0.15) is 0 Å². The van der Waals surface area contributed by atoms with E-state index >= 15 is 0 Å². The van der Waals surface area contributed by atoms with Gasteiger partial charge in [-0.3, -0.25) is 9.99 Å². The molecule has 3 aromatic rings. The Labute approximate surface area is 123 Å². The Morgan fingerprint density at radius 1 is 1.19 bits per heavy atom. The van der Waals surface area contributed by atoms with E-state index in [1.807, 2.05) is 0 Å². The Bertz CT molecular complexity index is 747. The lowest BCUT2D eigenvalue weighted by Crippen LogP contribution is -2.13. The molecule has 0 radical (unpaired) electrons. The van der Waals surface area contributed by atoms with E-state index in [0.29, 0.717) is 16.0 Å². The first kappa shape index (κ1) is 13.5. The topological polar surface area (TPSA) is 94.5 Å². The maximum absolute atomic E-state index is 13.7. The minimum Gasteiger partial charge on any atom is -0.292 e. The molecule has 0 atom stereocenters. The summed E-state index contributed by atoms with van der Waals surface area (Å²) in [6.45, 7) is 0. The lowest BCUT2D eigenvalue weighted by Gasteiger charge is -2.06. The summed E-state index contributed by atoms with van der Waals surface area (Å²) in [6.07, 6.45) is 4.84. The van der Waals surface area contributed by atoms with Gasteiger partial charge >= 0.3 is 0 Å². The second kappa shape index (κ2) is 5.85. The molecule has 0 saturated carbocycles. The fourth-order valence-corrected chi connectivity index (χ4v) is 2.34. The third-order valence-corrected chi connectivity index (χ3v) is 3.42. The SMILES string of the molecule is NNc1nc(Sc2ccccc2F)nc(-n2ccnc2)n1. The molecule has 21 heavy (non-hydrogen) atoms. The van der Waals surface area contributed by atoms with Crippen molar-refractivity contribution in [2.45, 2.75) is 10.1 Å². The van der Waals surface area contributed by atoms with E-state index in [9.17, 15) is 4.39 Å². The van der Waals surface area contributed by atoms with Crippen LogP contribution in [0.4, 0.5) is 10.3 Å². The highest BCUT2D eigenvalue weighted by molar-refractivity contribution is 7.99. The van der Waals surface area contributed by atoms with Crippen LogP contribution in [0.25, 0.3) is 5.95 Å². The number of benzene rings is 1. The number of aromatic nitrogens is 5. The molecule has 0 amide bonds. The first-order valence-electron chi connectivity index (χ1n) is 5.89. The molecule has 3 N–H and O–H groups in total. The quantitative estimate of drug-likeness (QED) is 0.559. The van der Waals surface area contributed by atoms with Gasteiger partial charge in [-0.2, -0.15) is 15.0 Å². The van der Waals surface area contributed by atoms with Gasteiger partial charge in [-0.1, -0.05) is 12.1 Å². The minimum atomic E-state index is -0.339. The molecule has 2 heterocycles. The zero-order chi connectivity index (χ0) is 14.7. The van der Waals surface area contributed by atoms with Crippen molar-refractivity contribution in [2.24, 2.45) is 5.84 Å². The number of nitrogens with zero attached hydrogens (tertiary/aromatic N) is 5. The summed E-state index contributed by atoms with van der Waals surface area (Å²) in [7, 11) is 0. The van der Waals surface area contributed by atoms with Crippen molar-refractivity contribution in [3.05, 3.63) is 48.8 Å². The van der Waals surface area contributed by atoms with Crippen LogP contribution in [0, 0.1) is 5.82 Å². The van der Waals surface area contributed by atoms with Gasteiger partial charge in [0.15, 0.2) is 5.16 Å². The zero-order valence-electron chi connectivity index (χ0n) is 10.6. The number of rotatable bonds is 4. The predicted molar refractivity (Wildman–Crippen MR) is 75.3 cm³/mol. The predicted octanol–water partition coefficient (Wildman–Crippen LogP) is 1.63. The van der Waals surface area contributed by atoms with E-state index in [2.05, 4.69) is 25.4 Å². The number of imidazole rings is 1. The Kier molecular flexibility index (Phi) is 3.75. The molecule has 0 aliphatic carbocycles. The van der Waals surface area contributed by atoms with Gasteiger partial charge in [0, 0.05) is 12.4 Å². The normalized spacial score (nSPS) is 10.6. The lowest BCUT2D eigenvalue weighted by molar-refractivity contribution is 0.601. The third-order valence-electron chi connectivity index (χ3n) is 2.51. The van der Waals surface area contributed by atoms with Crippen molar-refractivity contribution in [2.75, 3.05) is 5.43 Å². The molecular weight excluding hydrogens is 293 g/mol. The Morgan fingerprint density at radius 3 is 2.76 bits per heavy atom. The minimum absolute atomic E-state index is 0.188. The molecule has 0 bridgehead atoms. The van der Waals surface area contributed by atoms with E-state index in [4.69, 9.17) is 5.84 Å². The highest BCUT2D eigenvalue weighted by Crippen LogP contribution is 2.27. The lowest BCUT2D eigenvalue weighted by atomic mass is 10.4. The van der Waals surface area contributed by atoms with E-state index < -0.39 is 0 Å². The van der Waals surface area contributed by atoms with Crippen molar-refractivity contribution < 1.29 is 4.39 Å². The largest absolute Gasteiger partial charge is 0.292 e. The summed E-state index contributed by atoms with van der Waals surface area (Å²) < 4.78 is 15.3. The van der Waals surface area contributed by atoms with Crippen LogP contribution in [-0.2, 0) is 0 Å². The van der Waals surface area contributed by atoms with Crippen LogP contribution in [-0.4, -0.2) is 24.5 Å². The van der Waals surface area contributed by atoms with Gasteiger partial charge in [0.1, 0.15) is 12.1 Å². The molecule has 2 aromatic heterocycles. The fourth-order valence-electron chi connectivity index (χ4n) is 1.57. The molecule has 7 nitrogen and oxygen atoms in total. The maximum Gasteiger partial charge on any atom is 0.242 e. The molecule has 1 aromatic carbocycles. The summed E-state index contributed by atoms with van der Waals surface area (Å²) in [5.41, 5.74) is 2.37. The van der Waals surface area contributed by atoms with Gasteiger partial charge in [-0.25, -0.2) is 15.2 Å². The summed E-state index contributed by atoms with van der Waals surface area (Å²) in [5.74, 6) is 5.54. The van der Waals surface area contributed by atoms with Gasteiger partial charge in [0.25, 0.3) is 0 Å². The average molecular weight is 303 g/mol. The number of anilines is 1. The Balaban J connectivity index is 1.99. The van der Waals surface area contributed by atoms with Crippen molar-refractivity contribution >= 4 is 17.7 Å². The number of nitrogens with two attached hydrogens (primary N) is 1. The molecule has 0 saturated heterocycles. The summed E-state index contributed by atoms with van der Waals surface area (Å²) in [6, 6.07) is 6.39. The number of hydrazine groups is 1. The van der Waals surface area contributed by atoms with Crippen molar-refractivity contribution in [3.63, 3.8) is 0 Å². The summed E-state index contributed by atoms with van der Waals surface area (Å²) in [4.78, 5) is 16.8. The highest BCUT2D eigenvalue weighted by atomic mass is 32.2. The molecule has 0 aliphatic rings. The molecule has 3 rings (SSSR count). The van der Waals surface area contributed by atoms with Crippen LogP contribution in [0.2, 0.25) is 0 Å². The monoisotopic (exact) mass is 303 g/mol. The Morgan fingerprint density at radius 2 is 2.05 bits per heavy atom. The molecule has 0 fully saturated rings. The van der Waals surface area contributed by atoms with Gasteiger partial charge in [0.2, 0.25) is 11.9 Å². The van der Waals surface area contributed by atoms with E-state index in [0.717, 1.165) is 11.8 Å². The number of nitrogens with one attached hydrogen (secondary N) is 1. The smallest absolute Gasteiger partial charge is 0.242 e. The number of nitrogen functional groups attached to an aromatic ring is 1. The highest BCUT2D eigenvalue weighted by Gasteiger charge is 2.11. The van der Waals surface area contributed by atoms with Gasteiger partial charge in [0.05, 0.1) is 4.90 Å². The van der Waals surface area contributed by atoms with E-state index in [1.54, 1.807) is 41.5 Å². The molecular formula is C12H10FN7S. The van der Waals surface area contributed by atoms with E-state index in [1.165, 1.54) is 6.07 Å². The second-order valence-corrected chi connectivity index (χ2v) is 4.90. The first-order chi connectivity index (χ1) is 10.3. The van der Waals surface area contributed by atoms with Crippen LogP contribution in [0.3, 0.4) is 0 Å². The van der Waals surface area contributed by atoms with E-state index in [-0.39, 0.29) is 11.8 Å². The third kappa shape index (κ3) is 2.98. The maximum atomic E-state index is 13.7. The van der Waals surface area contributed by atoms with Crippen LogP contribution in [0.5, 0.6) is 0 Å². The molecule has 106 valence electrons. The Hall–Kier alpha value is -2.52. The van der Waals surface area contributed by atoms with Crippen molar-refractivity contribution in [1.82, 2.24) is 24.5 Å². The molecule has 9 heteroatoms. The van der Waals surface area contributed by atoms with Crippen molar-refractivity contribution in [1.29, 1.82) is 0 Å². The van der Waals surface area contributed by atoms with Gasteiger partial charge in [-0.15, -0.1) is 0 Å². The summed E-state index contributed by atoms with van der Waals surface area (Å²) in [5, 5.41) is 0.326. The van der Waals surface area contributed by atoms with Crippen LogP contribution < -0.4 is 11.3 Å². The van der Waals surface area contributed by atoms with Crippen LogP contribution >= 0.6 is 11.8 Å². The first-order valence-corrected chi connectivity index (χ1v) is 6.71. The average Bonchev–Trinajstić information content (AvgIpc) is 3.04. The number of hydrogen-bond acceptors (Lipinski definition) is 7. The molecule has 0 aliphatic heterocycles. The van der Waals surface area contributed by atoms with Crippen LogP contribution in [0.15, 0.2) is 53.0 Å². The number of halogens is 1. The second-order valence-electron chi connectivity index (χ2n) is 3.89. The van der Waals surface area contributed by atoms with Gasteiger partial charge in [-0.05, 0) is 23.9 Å². The van der Waals surface area contributed by atoms with Gasteiger partial charge < -0.3 is 0 Å². The number of hydrogen-bond donors (Lipinski definition) is 2.